The molecule has 25 heavy (non-hydrogen) atoms. The molecule has 0 unspecified atom stereocenters. The van der Waals surface area contributed by atoms with E-state index < -0.39 is 0 Å². The summed E-state index contributed by atoms with van der Waals surface area (Å²) in [5, 5.41) is 14.8. The Hall–Kier alpha value is -2.19. The van der Waals surface area contributed by atoms with E-state index in [9.17, 15) is 4.79 Å². The Morgan fingerprint density at radius 1 is 1.28 bits per heavy atom. The molecule has 0 radical (unpaired) electrons. The summed E-state index contributed by atoms with van der Waals surface area (Å²) in [5.74, 6) is 0.823. The number of hydrogen-bond acceptors (Lipinski definition) is 6. The largest absolute Gasteiger partial charge is 0.497 e. The molecule has 134 valence electrons. The lowest BCUT2D eigenvalue weighted by atomic mass is 9.74. The molecule has 7 nitrogen and oxygen atoms in total. The first-order valence-corrected chi connectivity index (χ1v) is 9.00. The summed E-state index contributed by atoms with van der Waals surface area (Å²) in [7, 11) is 1.65. The maximum Gasteiger partial charge on any atom is 0.321 e. The highest BCUT2D eigenvalue weighted by atomic mass is 32.1. The normalized spacial score (nSPS) is 16.2. The summed E-state index contributed by atoms with van der Waals surface area (Å²) in [6.45, 7) is 3.75. The Balaban J connectivity index is 1.68. The quantitative estimate of drug-likeness (QED) is 0.854. The van der Waals surface area contributed by atoms with Gasteiger partial charge in [0.05, 0.1) is 7.11 Å². The van der Waals surface area contributed by atoms with Gasteiger partial charge in [0.15, 0.2) is 0 Å². The third-order valence-electron chi connectivity index (χ3n) is 4.49. The monoisotopic (exact) mass is 362 g/mol. The molecule has 1 fully saturated rings. The number of nitrogens with one attached hydrogen (secondary N) is 2. The van der Waals surface area contributed by atoms with Gasteiger partial charge in [0.25, 0.3) is 0 Å². The van der Waals surface area contributed by atoms with Gasteiger partial charge >= 0.3 is 6.03 Å². The Morgan fingerprint density at radius 2 is 2.00 bits per heavy atom. The van der Waals surface area contributed by atoms with Crippen LogP contribution in [0, 0.1) is 6.92 Å². The third-order valence-corrected chi connectivity index (χ3v) is 5.24. The Labute approximate surface area is 150 Å². The zero-order valence-electron chi connectivity index (χ0n) is 14.4. The van der Waals surface area contributed by atoms with E-state index in [2.05, 4.69) is 33.0 Å². The minimum absolute atomic E-state index is 0.140. The number of nitrogens with zero attached hydrogens (tertiary/aromatic N) is 2. The minimum Gasteiger partial charge on any atom is -0.497 e. The maximum atomic E-state index is 12.2. The number of carbonyl (C=O) groups excluding carboxylic acids is 1. The first-order valence-electron chi connectivity index (χ1n) is 8.18. The van der Waals surface area contributed by atoms with Crippen molar-refractivity contribution in [1.29, 1.82) is 0 Å². The number of aryl methyl sites for hydroxylation is 1. The fourth-order valence-corrected chi connectivity index (χ4v) is 3.60. The molecule has 2 amide bonds. The number of anilines is 1. The van der Waals surface area contributed by atoms with Crippen LogP contribution in [-0.4, -0.2) is 43.1 Å². The molecule has 1 aliphatic rings. The van der Waals surface area contributed by atoms with Crippen molar-refractivity contribution in [3.63, 3.8) is 0 Å². The van der Waals surface area contributed by atoms with Gasteiger partial charge in [-0.15, -0.1) is 10.2 Å². The van der Waals surface area contributed by atoms with Gasteiger partial charge in [-0.25, -0.2) is 4.79 Å². The molecule has 0 bridgehead atoms. The molecular formula is C17H22N4O3S. The highest BCUT2D eigenvalue weighted by Crippen LogP contribution is 2.35. The maximum absolute atomic E-state index is 12.2. The van der Waals surface area contributed by atoms with Gasteiger partial charge in [-0.3, -0.25) is 5.32 Å². The smallest absolute Gasteiger partial charge is 0.321 e. The lowest BCUT2D eigenvalue weighted by Crippen LogP contribution is -2.45. The molecule has 1 aromatic carbocycles. The summed E-state index contributed by atoms with van der Waals surface area (Å²) in [6.07, 6.45) is 1.72. The molecule has 2 aromatic rings. The van der Waals surface area contributed by atoms with Crippen molar-refractivity contribution in [3.05, 3.63) is 34.8 Å². The van der Waals surface area contributed by atoms with Crippen molar-refractivity contribution in [2.75, 3.05) is 32.2 Å². The minimum atomic E-state index is -0.268. The van der Waals surface area contributed by atoms with Crippen LogP contribution in [0.5, 0.6) is 5.75 Å². The SMILES string of the molecule is COc1ccc(C2(CNC(=O)Nc3nnc(C)s3)CCOCC2)cc1. The molecule has 8 heteroatoms. The van der Waals surface area contributed by atoms with Crippen LogP contribution in [-0.2, 0) is 10.2 Å². The van der Waals surface area contributed by atoms with Crippen LogP contribution in [0.1, 0.15) is 23.4 Å². The van der Waals surface area contributed by atoms with E-state index in [-0.39, 0.29) is 11.4 Å². The van der Waals surface area contributed by atoms with Gasteiger partial charge < -0.3 is 14.8 Å². The van der Waals surface area contributed by atoms with E-state index in [1.165, 1.54) is 16.9 Å². The van der Waals surface area contributed by atoms with Crippen LogP contribution in [0.25, 0.3) is 0 Å². The highest BCUT2D eigenvalue weighted by Gasteiger charge is 2.35. The topological polar surface area (TPSA) is 85.4 Å². The lowest BCUT2D eigenvalue weighted by molar-refractivity contribution is 0.0508. The van der Waals surface area contributed by atoms with E-state index in [1.54, 1.807) is 7.11 Å². The molecule has 2 N–H and O–H groups in total. The summed E-state index contributed by atoms with van der Waals surface area (Å²) >= 11 is 1.35. The van der Waals surface area contributed by atoms with Gasteiger partial charge in [-0.05, 0) is 37.5 Å². The number of hydrogen-bond donors (Lipinski definition) is 2. The number of urea groups is 1. The number of carbonyl (C=O) groups is 1. The van der Waals surface area contributed by atoms with Crippen LogP contribution in [0.4, 0.5) is 9.93 Å². The summed E-state index contributed by atoms with van der Waals surface area (Å²) in [4.78, 5) is 12.2. The second kappa shape index (κ2) is 7.79. The third kappa shape index (κ3) is 4.26. The average Bonchev–Trinajstić information content (AvgIpc) is 3.05. The van der Waals surface area contributed by atoms with Gasteiger partial charge in [-0.2, -0.15) is 0 Å². The number of amides is 2. The van der Waals surface area contributed by atoms with E-state index in [4.69, 9.17) is 9.47 Å². The molecule has 1 aromatic heterocycles. The zero-order chi connectivity index (χ0) is 17.7. The number of methoxy groups -OCH3 is 1. The van der Waals surface area contributed by atoms with Crippen LogP contribution < -0.4 is 15.4 Å². The predicted octanol–water partition coefficient (Wildman–Crippen LogP) is 2.73. The summed E-state index contributed by atoms with van der Waals surface area (Å²) in [6, 6.07) is 7.78. The molecule has 0 spiro atoms. The van der Waals surface area contributed by atoms with Gasteiger partial charge in [-0.1, -0.05) is 23.5 Å². The van der Waals surface area contributed by atoms with Crippen LogP contribution in [0.15, 0.2) is 24.3 Å². The van der Waals surface area contributed by atoms with E-state index in [0.717, 1.165) is 23.6 Å². The standard InChI is InChI=1S/C17H22N4O3S/c1-12-20-21-16(25-12)19-15(22)18-11-17(7-9-24-10-8-17)13-3-5-14(23-2)6-4-13/h3-6H,7-11H2,1-2H3,(H2,18,19,21,22). The number of benzene rings is 1. The Kier molecular flexibility index (Phi) is 5.50. The first-order chi connectivity index (χ1) is 12.1. The van der Waals surface area contributed by atoms with Crippen LogP contribution in [0.2, 0.25) is 0 Å². The number of rotatable bonds is 5. The highest BCUT2D eigenvalue weighted by molar-refractivity contribution is 7.15. The van der Waals surface area contributed by atoms with Crippen LogP contribution in [0.3, 0.4) is 0 Å². The van der Waals surface area contributed by atoms with Crippen molar-refractivity contribution in [1.82, 2.24) is 15.5 Å². The fourth-order valence-electron chi connectivity index (χ4n) is 3.01. The van der Waals surface area contributed by atoms with Crippen molar-refractivity contribution >= 4 is 22.5 Å². The van der Waals surface area contributed by atoms with Crippen molar-refractivity contribution < 1.29 is 14.3 Å². The second-order valence-corrected chi connectivity index (χ2v) is 7.24. The molecule has 3 rings (SSSR count). The molecule has 1 aliphatic heterocycles. The van der Waals surface area contributed by atoms with Gasteiger partial charge in [0.2, 0.25) is 5.13 Å². The zero-order valence-corrected chi connectivity index (χ0v) is 15.2. The predicted molar refractivity (Wildman–Crippen MR) is 96.4 cm³/mol. The van der Waals surface area contributed by atoms with Crippen molar-refractivity contribution in [3.8, 4) is 5.75 Å². The van der Waals surface area contributed by atoms with Gasteiger partial charge in [0.1, 0.15) is 10.8 Å². The van der Waals surface area contributed by atoms with E-state index in [0.29, 0.717) is 24.9 Å². The fraction of sp³-hybridized carbons (Fsp3) is 0.471. The Bertz CT molecular complexity index is 711. The first kappa shape index (κ1) is 17.6. The molecule has 0 aliphatic carbocycles. The lowest BCUT2D eigenvalue weighted by Gasteiger charge is -2.38. The van der Waals surface area contributed by atoms with Crippen LogP contribution >= 0.6 is 11.3 Å². The average molecular weight is 362 g/mol. The molecule has 0 saturated carbocycles. The number of ether oxygens (including phenoxy) is 2. The number of aromatic nitrogens is 2. The summed E-state index contributed by atoms with van der Waals surface area (Å²) < 4.78 is 10.8. The van der Waals surface area contributed by atoms with E-state index in [1.807, 2.05) is 19.1 Å². The van der Waals surface area contributed by atoms with Crippen molar-refractivity contribution in [2.24, 2.45) is 0 Å². The van der Waals surface area contributed by atoms with Crippen molar-refractivity contribution in [2.45, 2.75) is 25.2 Å². The molecule has 1 saturated heterocycles. The Morgan fingerprint density at radius 3 is 2.60 bits per heavy atom. The summed E-state index contributed by atoms with van der Waals surface area (Å²) in [5.41, 5.74) is 1.04. The van der Waals surface area contributed by atoms with Gasteiger partial charge in [0, 0.05) is 25.2 Å². The molecule has 2 heterocycles. The second-order valence-electron chi connectivity index (χ2n) is 6.06. The molecular weight excluding hydrogens is 340 g/mol. The molecule has 0 atom stereocenters. The van der Waals surface area contributed by atoms with E-state index >= 15 is 0 Å².